The van der Waals surface area contributed by atoms with Crippen LogP contribution in [0.3, 0.4) is 0 Å². The van der Waals surface area contributed by atoms with E-state index in [1.165, 1.54) is 12.1 Å². The predicted molar refractivity (Wildman–Crippen MR) is 44.3 cm³/mol. The molecule has 0 unspecified atom stereocenters. The van der Waals surface area contributed by atoms with Crippen molar-refractivity contribution in [3.63, 3.8) is 0 Å². The van der Waals surface area contributed by atoms with Crippen molar-refractivity contribution >= 4 is 17.3 Å². The van der Waals surface area contributed by atoms with E-state index in [9.17, 15) is 10.1 Å². The van der Waals surface area contributed by atoms with Crippen molar-refractivity contribution in [3.8, 4) is 5.75 Å². The number of hydrogen-bond donors (Lipinski definition) is 1. The van der Waals surface area contributed by atoms with Crippen LogP contribution in [-0.4, -0.2) is 10.0 Å². The van der Waals surface area contributed by atoms with Crippen molar-refractivity contribution in [2.75, 3.05) is 0 Å². The maximum absolute atomic E-state index is 10.2. The van der Waals surface area contributed by atoms with Crippen molar-refractivity contribution in [2.24, 2.45) is 0 Å². The molecule has 0 fully saturated rings. The van der Waals surface area contributed by atoms with Gasteiger partial charge in [0, 0.05) is 11.6 Å². The molecular weight excluding hydrogens is 182 g/mol. The minimum absolute atomic E-state index is 0.138. The maximum atomic E-state index is 10.2. The molecule has 0 amide bonds. The van der Waals surface area contributed by atoms with Crippen LogP contribution in [-0.2, 0) is 5.88 Å². The number of halogens is 1. The van der Waals surface area contributed by atoms with Gasteiger partial charge in [0.25, 0.3) is 5.69 Å². The number of aromatic hydroxyl groups is 1. The van der Waals surface area contributed by atoms with Crippen LogP contribution in [0.2, 0.25) is 0 Å². The average Bonchev–Trinajstić information content (AvgIpc) is 2.04. The minimum atomic E-state index is -0.572. The van der Waals surface area contributed by atoms with E-state index in [1.807, 2.05) is 0 Å². The second-order valence-electron chi connectivity index (χ2n) is 2.20. The summed E-state index contributed by atoms with van der Waals surface area (Å²) in [4.78, 5) is 9.64. The van der Waals surface area contributed by atoms with Crippen LogP contribution >= 0.6 is 11.6 Å². The van der Waals surface area contributed by atoms with E-state index in [1.54, 1.807) is 0 Å². The van der Waals surface area contributed by atoms with Crippen LogP contribution in [0.1, 0.15) is 5.56 Å². The smallest absolute Gasteiger partial charge is 0.273 e. The largest absolute Gasteiger partial charge is 0.507 e. The van der Waals surface area contributed by atoms with Crippen LogP contribution in [0.5, 0.6) is 5.75 Å². The molecule has 0 saturated carbocycles. The number of alkyl halides is 1. The van der Waals surface area contributed by atoms with Gasteiger partial charge in [-0.3, -0.25) is 10.1 Å². The zero-order valence-electron chi connectivity index (χ0n) is 6.03. The molecule has 0 spiro atoms. The Hall–Kier alpha value is -1.29. The zero-order chi connectivity index (χ0) is 9.14. The first-order chi connectivity index (χ1) is 5.65. The molecule has 0 saturated heterocycles. The number of rotatable bonds is 2. The molecular formula is C7H6ClNO3. The molecule has 0 aliphatic heterocycles. The standard InChI is InChI=1S/C7H6ClNO3/c8-4-5-1-2-6(9(11)12)3-7(5)10/h1-3,10H,4H2. The van der Waals surface area contributed by atoms with Gasteiger partial charge >= 0.3 is 0 Å². The van der Waals surface area contributed by atoms with Gasteiger partial charge < -0.3 is 5.11 Å². The van der Waals surface area contributed by atoms with Crippen LogP contribution in [0.15, 0.2) is 18.2 Å². The van der Waals surface area contributed by atoms with E-state index in [2.05, 4.69) is 0 Å². The number of phenolic OH excluding ortho intramolecular Hbond substituents is 1. The molecule has 1 rings (SSSR count). The van der Waals surface area contributed by atoms with E-state index < -0.39 is 4.92 Å². The molecule has 0 aliphatic carbocycles. The van der Waals surface area contributed by atoms with E-state index >= 15 is 0 Å². The lowest BCUT2D eigenvalue weighted by atomic mass is 10.2. The Balaban J connectivity index is 3.10. The Morgan fingerprint density at radius 2 is 2.25 bits per heavy atom. The highest BCUT2D eigenvalue weighted by Gasteiger charge is 2.08. The lowest BCUT2D eigenvalue weighted by Gasteiger charge is -1.98. The molecule has 4 nitrogen and oxygen atoms in total. The Morgan fingerprint density at radius 3 is 2.67 bits per heavy atom. The maximum Gasteiger partial charge on any atom is 0.273 e. The van der Waals surface area contributed by atoms with Crippen LogP contribution in [0.4, 0.5) is 5.69 Å². The molecule has 12 heavy (non-hydrogen) atoms. The van der Waals surface area contributed by atoms with Crippen LogP contribution < -0.4 is 0 Å². The highest BCUT2D eigenvalue weighted by atomic mass is 35.5. The monoisotopic (exact) mass is 187 g/mol. The van der Waals surface area contributed by atoms with Crippen LogP contribution in [0.25, 0.3) is 0 Å². The van der Waals surface area contributed by atoms with Crippen molar-refractivity contribution in [3.05, 3.63) is 33.9 Å². The first kappa shape index (κ1) is 8.80. The number of non-ortho nitro benzene ring substituents is 1. The number of nitro groups is 1. The number of phenols is 1. The number of benzene rings is 1. The summed E-state index contributed by atoms with van der Waals surface area (Å²) in [6, 6.07) is 3.82. The number of nitrogens with zero attached hydrogens (tertiary/aromatic N) is 1. The van der Waals surface area contributed by atoms with Gasteiger partial charge in [-0.1, -0.05) is 0 Å². The fourth-order valence-electron chi connectivity index (χ4n) is 0.779. The summed E-state index contributed by atoms with van der Waals surface area (Å²) in [5, 5.41) is 19.4. The molecule has 0 heterocycles. The predicted octanol–water partition coefficient (Wildman–Crippen LogP) is 2.04. The Kier molecular flexibility index (Phi) is 2.50. The minimum Gasteiger partial charge on any atom is -0.507 e. The van der Waals surface area contributed by atoms with Gasteiger partial charge in [0.2, 0.25) is 0 Å². The van der Waals surface area contributed by atoms with Gasteiger partial charge in [0.1, 0.15) is 5.75 Å². The molecule has 0 bridgehead atoms. The topological polar surface area (TPSA) is 63.4 Å². The first-order valence-corrected chi connectivity index (χ1v) is 3.71. The summed E-state index contributed by atoms with van der Waals surface area (Å²) >= 11 is 5.43. The normalized spacial score (nSPS) is 9.75. The number of nitro benzene ring substituents is 1. The van der Waals surface area contributed by atoms with Crippen molar-refractivity contribution < 1.29 is 10.0 Å². The summed E-state index contributed by atoms with van der Waals surface area (Å²) < 4.78 is 0. The molecule has 0 aromatic heterocycles. The van der Waals surface area contributed by atoms with E-state index in [0.29, 0.717) is 5.56 Å². The molecule has 0 radical (unpaired) electrons. The van der Waals surface area contributed by atoms with E-state index in [-0.39, 0.29) is 17.3 Å². The van der Waals surface area contributed by atoms with Gasteiger partial charge in [-0.05, 0) is 6.07 Å². The molecule has 0 atom stereocenters. The summed E-state index contributed by atoms with van der Waals surface area (Å²) in [6.45, 7) is 0. The van der Waals surface area contributed by atoms with E-state index in [0.717, 1.165) is 6.07 Å². The van der Waals surface area contributed by atoms with Crippen molar-refractivity contribution in [2.45, 2.75) is 5.88 Å². The Morgan fingerprint density at radius 1 is 1.58 bits per heavy atom. The van der Waals surface area contributed by atoms with Crippen LogP contribution in [0, 0.1) is 10.1 Å². The molecule has 64 valence electrons. The Labute approximate surface area is 73.5 Å². The van der Waals surface area contributed by atoms with Gasteiger partial charge in [-0.25, -0.2) is 0 Å². The quantitative estimate of drug-likeness (QED) is 0.438. The van der Waals surface area contributed by atoms with E-state index in [4.69, 9.17) is 16.7 Å². The SMILES string of the molecule is O=[N+]([O-])c1ccc(CCl)c(O)c1. The van der Waals surface area contributed by atoms with Crippen molar-refractivity contribution in [1.82, 2.24) is 0 Å². The first-order valence-electron chi connectivity index (χ1n) is 3.17. The zero-order valence-corrected chi connectivity index (χ0v) is 6.78. The molecule has 0 aliphatic rings. The third kappa shape index (κ3) is 1.65. The van der Waals surface area contributed by atoms with Gasteiger partial charge in [0.15, 0.2) is 0 Å². The fourth-order valence-corrected chi connectivity index (χ4v) is 1.00. The highest BCUT2D eigenvalue weighted by Crippen LogP contribution is 2.24. The molecule has 1 N–H and O–H groups in total. The molecule has 1 aromatic carbocycles. The fraction of sp³-hybridized carbons (Fsp3) is 0.143. The number of hydrogen-bond acceptors (Lipinski definition) is 3. The third-order valence-corrected chi connectivity index (χ3v) is 1.71. The Bertz CT molecular complexity index is 314. The highest BCUT2D eigenvalue weighted by molar-refractivity contribution is 6.17. The second-order valence-corrected chi connectivity index (χ2v) is 2.47. The van der Waals surface area contributed by atoms with Gasteiger partial charge in [-0.2, -0.15) is 0 Å². The second kappa shape index (κ2) is 3.40. The average molecular weight is 188 g/mol. The lowest BCUT2D eigenvalue weighted by Crippen LogP contribution is -1.88. The summed E-state index contributed by atoms with van der Waals surface area (Å²) in [6.07, 6.45) is 0. The van der Waals surface area contributed by atoms with Gasteiger partial charge in [0.05, 0.1) is 16.9 Å². The van der Waals surface area contributed by atoms with Gasteiger partial charge in [-0.15, -0.1) is 11.6 Å². The summed E-state index contributed by atoms with van der Waals surface area (Å²) in [7, 11) is 0. The lowest BCUT2D eigenvalue weighted by molar-refractivity contribution is -0.384. The molecule has 1 aromatic rings. The summed E-state index contributed by atoms with van der Waals surface area (Å²) in [5.74, 6) is 0.00306. The summed E-state index contributed by atoms with van der Waals surface area (Å²) in [5.41, 5.74) is 0.351. The third-order valence-electron chi connectivity index (χ3n) is 1.42. The molecule has 5 heteroatoms. The van der Waals surface area contributed by atoms with Crippen molar-refractivity contribution in [1.29, 1.82) is 0 Å².